The first kappa shape index (κ1) is 19.4. The van der Waals surface area contributed by atoms with Gasteiger partial charge in [0.05, 0.1) is 17.3 Å². The van der Waals surface area contributed by atoms with Crippen LogP contribution in [0.1, 0.15) is 28.2 Å². The number of nitrogens with two attached hydrogens (primary N) is 1. The van der Waals surface area contributed by atoms with E-state index in [1.54, 1.807) is 6.20 Å². The van der Waals surface area contributed by atoms with Crippen LogP contribution in [0.2, 0.25) is 0 Å². The average Bonchev–Trinajstić information content (AvgIpc) is 3.55. The lowest BCUT2D eigenvalue weighted by Gasteiger charge is -2.32. The first-order valence-corrected chi connectivity index (χ1v) is 11.6. The highest BCUT2D eigenvalue weighted by molar-refractivity contribution is 7.12. The van der Waals surface area contributed by atoms with E-state index in [4.69, 9.17) is 10.8 Å². The van der Waals surface area contributed by atoms with E-state index < -0.39 is 0 Å². The third-order valence-electron chi connectivity index (χ3n) is 6.49. The van der Waals surface area contributed by atoms with Crippen molar-refractivity contribution in [2.75, 3.05) is 13.1 Å². The third-order valence-corrected chi connectivity index (χ3v) is 7.35. The summed E-state index contributed by atoms with van der Waals surface area (Å²) in [5.74, 6) is 8.01. The van der Waals surface area contributed by atoms with Gasteiger partial charge in [-0.2, -0.15) is 10.8 Å². The van der Waals surface area contributed by atoms with Crippen molar-refractivity contribution in [1.29, 1.82) is 0 Å². The number of benzene rings is 1. The number of H-pyrrole nitrogens is 1. The van der Waals surface area contributed by atoms with E-state index in [2.05, 4.69) is 28.2 Å². The molecule has 1 unspecified atom stereocenters. The Kier molecular flexibility index (Phi) is 4.46. The van der Waals surface area contributed by atoms with Gasteiger partial charge >= 0.3 is 0 Å². The molecule has 1 atom stereocenters. The van der Waals surface area contributed by atoms with E-state index in [0.29, 0.717) is 13.1 Å². The van der Waals surface area contributed by atoms with E-state index in [0.717, 1.165) is 51.5 Å². The van der Waals surface area contributed by atoms with E-state index >= 15 is 0 Å². The van der Waals surface area contributed by atoms with Gasteiger partial charge in [-0.25, -0.2) is 0 Å². The SMILES string of the molecule is N[N+]12C=CN=CC1=C(C1CCN(C(=O)c3cccs3)CC1)N=C2c1cc2ccccc2[nH]1. The maximum atomic E-state index is 12.7. The Morgan fingerprint density at radius 3 is 2.81 bits per heavy atom. The van der Waals surface area contributed by atoms with Crippen LogP contribution >= 0.6 is 11.3 Å². The van der Waals surface area contributed by atoms with Crippen LogP contribution in [0.3, 0.4) is 0 Å². The molecule has 1 fully saturated rings. The van der Waals surface area contributed by atoms with Crippen molar-refractivity contribution in [3.8, 4) is 0 Å². The summed E-state index contributed by atoms with van der Waals surface area (Å²) >= 11 is 1.49. The first-order chi connectivity index (χ1) is 15.6. The van der Waals surface area contributed by atoms with Gasteiger partial charge in [0.1, 0.15) is 17.6 Å². The molecule has 2 aromatic heterocycles. The quantitative estimate of drug-likeness (QED) is 0.473. The summed E-state index contributed by atoms with van der Waals surface area (Å²) in [6.07, 6.45) is 7.15. The highest BCUT2D eigenvalue weighted by Gasteiger charge is 2.46. The lowest BCUT2D eigenvalue weighted by molar-refractivity contribution is -0.750. The second kappa shape index (κ2) is 7.37. The molecule has 3 aliphatic heterocycles. The summed E-state index contributed by atoms with van der Waals surface area (Å²) in [5, 5.41) is 3.07. The van der Waals surface area contributed by atoms with E-state index in [9.17, 15) is 4.79 Å². The number of para-hydroxylation sites is 1. The van der Waals surface area contributed by atoms with Crippen molar-refractivity contribution >= 4 is 40.2 Å². The van der Waals surface area contributed by atoms with Gasteiger partial charge in [-0.3, -0.25) is 9.79 Å². The molecule has 3 aliphatic rings. The molecule has 1 aromatic carbocycles. The highest BCUT2D eigenvalue weighted by atomic mass is 32.1. The minimum Gasteiger partial charge on any atom is -0.349 e. The number of carbonyl (C=O) groups is 1. The summed E-state index contributed by atoms with van der Waals surface area (Å²) in [6.45, 7) is 1.43. The molecule has 8 heteroatoms. The number of fused-ring (bicyclic) bond motifs is 2. The molecule has 160 valence electrons. The van der Waals surface area contributed by atoms with Crippen molar-refractivity contribution in [3.63, 3.8) is 0 Å². The molecule has 1 amide bonds. The number of quaternary nitrogens is 1. The summed E-state index contributed by atoms with van der Waals surface area (Å²) in [7, 11) is 0. The van der Waals surface area contributed by atoms with Crippen LogP contribution in [0.15, 0.2) is 81.6 Å². The molecular formula is C24H23N6OS+. The number of aromatic amines is 1. The van der Waals surface area contributed by atoms with E-state index in [1.807, 2.05) is 47.0 Å². The molecule has 6 rings (SSSR count). The number of nitrogens with zero attached hydrogens (tertiary/aromatic N) is 4. The lowest BCUT2D eigenvalue weighted by Crippen LogP contribution is -2.53. The lowest BCUT2D eigenvalue weighted by atomic mass is 9.92. The molecule has 0 aliphatic carbocycles. The number of aromatic nitrogens is 1. The van der Waals surface area contributed by atoms with Gasteiger partial charge in [0.2, 0.25) is 5.70 Å². The predicted octanol–water partition coefficient (Wildman–Crippen LogP) is 4.00. The number of nitrogens with one attached hydrogen (secondary N) is 1. The fourth-order valence-electron chi connectivity index (χ4n) is 4.79. The van der Waals surface area contributed by atoms with Gasteiger partial charge in [-0.05, 0) is 36.4 Å². The van der Waals surface area contributed by atoms with Crippen molar-refractivity contribution in [2.45, 2.75) is 12.8 Å². The number of amides is 1. The number of carbonyl (C=O) groups excluding carboxylic acids is 1. The molecule has 0 bridgehead atoms. The van der Waals surface area contributed by atoms with Crippen LogP contribution in [0.5, 0.6) is 0 Å². The molecule has 0 spiro atoms. The fourth-order valence-corrected chi connectivity index (χ4v) is 5.48. The van der Waals surface area contributed by atoms with Crippen molar-refractivity contribution in [3.05, 3.63) is 82.2 Å². The summed E-state index contributed by atoms with van der Waals surface area (Å²) in [5.41, 5.74) is 3.86. The number of likely N-dealkylation sites (tertiary alicyclic amines) is 1. The zero-order chi connectivity index (χ0) is 21.7. The Morgan fingerprint density at radius 1 is 1.19 bits per heavy atom. The van der Waals surface area contributed by atoms with Gasteiger partial charge in [0.25, 0.3) is 11.7 Å². The normalized spacial score (nSPS) is 23.2. The second-order valence-electron chi connectivity index (χ2n) is 8.37. The zero-order valence-corrected chi connectivity index (χ0v) is 18.3. The number of hydrogen-bond donors (Lipinski definition) is 2. The van der Waals surface area contributed by atoms with Gasteiger partial charge in [-0.1, -0.05) is 24.3 Å². The fraction of sp³-hybridized carbons (Fsp3) is 0.208. The monoisotopic (exact) mass is 443 g/mol. The Balaban J connectivity index is 1.31. The van der Waals surface area contributed by atoms with E-state index in [1.165, 1.54) is 11.3 Å². The standard InChI is InChI=1S/C24H23N6OS/c25-30-12-9-26-15-20(30)22(28-23(30)19-14-17-4-1-2-5-18(17)27-19)16-7-10-29(11-8-16)24(31)21-6-3-13-32-21/h1-6,9,12-16,27H,7-8,10-11,25H2/q+1. The Morgan fingerprint density at radius 2 is 2.03 bits per heavy atom. The zero-order valence-electron chi connectivity index (χ0n) is 17.4. The number of rotatable bonds is 3. The van der Waals surface area contributed by atoms with Crippen LogP contribution in [0, 0.1) is 5.92 Å². The topological polar surface area (TPSA) is 86.8 Å². The summed E-state index contributed by atoms with van der Waals surface area (Å²) < 4.78 is 0.0139. The second-order valence-corrected chi connectivity index (χ2v) is 9.32. The number of allylic oxidation sites excluding steroid dienone is 2. The Labute approximate surface area is 189 Å². The van der Waals surface area contributed by atoms with E-state index in [-0.39, 0.29) is 16.4 Å². The number of amidine groups is 1. The largest absolute Gasteiger partial charge is 0.349 e. The molecule has 3 aromatic rings. The molecule has 5 heterocycles. The molecule has 0 saturated carbocycles. The minimum atomic E-state index is 0.0139. The van der Waals surface area contributed by atoms with Gasteiger partial charge < -0.3 is 9.88 Å². The molecule has 7 nitrogen and oxygen atoms in total. The summed E-state index contributed by atoms with van der Waals surface area (Å²) in [4.78, 5) is 28.4. The maximum Gasteiger partial charge on any atom is 0.281 e. The van der Waals surface area contributed by atoms with Crippen LogP contribution < -0.4 is 5.84 Å². The Hall–Kier alpha value is -3.33. The Bertz CT molecular complexity index is 1290. The van der Waals surface area contributed by atoms with Crippen LogP contribution in [-0.4, -0.2) is 45.5 Å². The molecule has 0 radical (unpaired) electrons. The van der Waals surface area contributed by atoms with Crippen LogP contribution in [0.25, 0.3) is 10.9 Å². The maximum absolute atomic E-state index is 12.7. The van der Waals surface area contributed by atoms with Gasteiger partial charge in [0, 0.05) is 29.9 Å². The van der Waals surface area contributed by atoms with Crippen LogP contribution in [-0.2, 0) is 0 Å². The van der Waals surface area contributed by atoms with Crippen molar-refractivity contribution in [1.82, 2.24) is 9.88 Å². The van der Waals surface area contributed by atoms with Gasteiger partial charge in [0.15, 0.2) is 0 Å². The molecule has 3 N–H and O–H groups in total. The van der Waals surface area contributed by atoms with Gasteiger partial charge in [-0.15, -0.1) is 15.9 Å². The molecular weight excluding hydrogens is 420 g/mol. The third kappa shape index (κ3) is 2.99. The summed E-state index contributed by atoms with van der Waals surface area (Å²) in [6, 6.07) is 14.1. The number of piperidine rings is 1. The first-order valence-electron chi connectivity index (χ1n) is 10.8. The highest BCUT2D eigenvalue weighted by Crippen LogP contribution is 2.38. The average molecular weight is 444 g/mol. The van der Waals surface area contributed by atoms with Crippen molar-refractivity contribution in [2.24, 2.45) is 21.7 Å². The molecule has 32 heavy (non-hydrogen) atoms. The smallest absolute Gasteiger partial charge is 0.281 e. The molecule has 1 saturated heterocycles. The van der Waals surface area contributed by atoms with Crippen LogP contribution in [0.4, 0.5) is 0 Å². The minimum absolute atomic E-state index is 0.0139. The number of aliphatic imine (C=N–C) groups is 2. The predicted molar refractivity (Wildman–Crippen MR) is 127 cm³/mol. The van der Waals surface area contributed by atoms with Crippen molar-refractivity contribution < 1.29 is 9.39 Å². The number of thiophene rings is 1. The number of hydrogen-bond acceptors (Lipinski definition) is 5.